The summed E-state index contributed by atoms with van der Waals surface area (Å²) >= 11 is 6.58. The van der Waals surface area contributed by atoms with E-state index in [1.54, 1.807) is 19.2 Å². The third kappa shape index (κ3) is 3.70. The summed E-state index contributed by atoms with van der Waals surface area (Å²) in [4.78, 5) is 0. The quantitative estimate of drug-likeness (QED) is 0.737. The molecule has 0 fully saturated rings. The Morgan fingerprint density at radius 2 is 1.74 bits per heavy atom. The molecule has 2 nitrogen and oxygen atoms in total. The van der Waals surface area contributed by atoms with Crippen molar-refractivity contribution in [1.29, 1.82) is 0 Å². The maximum atomic E-state index is 13.1. The molecule has 0 aromatic heterocycles. The molecule has 0 aliphatic rings. The molecule has 2 aromatic carbocycles. The molecule has 0 amide bonds. The molecule has 0 bridgehead atoms. The van der Waals surface area contributed by atoms with E-state index in [4.69, 9.17) is 9.47 Å². The SMILES string of the molecule is COc1ccc(Br)c(COc2ccc(F)c(Br)c2)c1. The molecule has 0 spiro atoms. The molecule has 0 aliphatic carbocycles. The second kappa shape index (κ2) is 6.39. The van der Waals surface area contributed by atoms with Crippen LogP contribution in [0.3, 0.4) is 0 Å². The van der Waals surface area contributed by atoms with Gasteiger partial charge in [0.2, 0.25) is 0 Å². The van der Waals surface area contributed by atoms with Crippen molar-refractivity contribution in [3.8, 4) is 11.5 Å². The molecule has 0 saturated carbocycles. The summed E-state index contributed by atoms with van der Waals surface area (Å²) in [6.45, 7) is 0.371. The molecule has 19 heavy (non-hydrogen) atoms. The van der Waals surface area contributed by atoms with Gasteiger partial charge in [0.05, 0.1) is 11.6 Å². The number of hydrogen-bond acceptors (Lipinski definition) is 2. The summed E-state index contributed by atoms with van der Waals surface area (Å²) in [5.41, 5.74) is 0.958. The predicted octanol–water partition coefficient (Wildman–Crippen LogP) is 4.94. The van der Waals surface area contributed by atoms with Gasteiger partial charge in [0.1, 0.15) is 23.9 Å². The lowest BCUT2D eigenvalue weighted by Gasteiger charge is -2.10. The number of halogens is 3. The molecule has 2 rings (SSSR count). The van der Waals surface area contributed by atoms with Gasteiger partial charge in [0, 0.05) is 10.0 Å². The van der Waals surface area contributed by atoms with E-state index < -0.39 is 0 Å². The van der Waals surface area contributed by atoms with Crippen molar-refractivity contribution >= 4 is 31.9 Å². The molecule has 0 heterocycles. The van der Waals surface area contributed by atoms with E-state index in [0.717, 1.165) is 15.8 Å². The van der Waals surface area contributed by atoms with E-state index >= 15 is 0 Å². The fourth-order valence-electron chi connectivity index (χ4n) is 1.52. The number of benzene rings is 2. The normalized spacial score (nSPS) is 10.3. The van der Waals surface area contributed by atoms with Gasteiger partial charge in [-0.15, -0.1) is 0 Å². The molecule has 5 heteroatoms. The van der Waals surface area contributed by atoms with Gasteiger partial charge < -0.3 is 9.47 Å². The van der Waals surface area contributed by atoms with Gasteiger partial charge in [-0.1, -0.05) is 15.9 Å². The Morgan fingerprint density at radius 1 is 1.00 bits per heavy atom. The number of hydrogen-bond donors (Lipinski definition) is 0. The van der Waals surface area contributed by atoms with Gasteiger partial charge >= 0.3 is 0 Å². The zero-order chi connectivity index (χ0) is 13.8. The van der Waals surface area contributed by atoms with Crippen LogP contribution in [0.4, 0.5) is 4.39 Å². The Kier molecular flexibility index (Phi) is 4.82. The monoisotopic (exact) mass is 388 g/mol. The predicted molar refractivity (Wildman–Crippen MR) is 79.1 cm³/mol. The maximum absolute atomic E-state index is 13.1. The van der Waals surface area contributed by atoms with Crippen LogP contribution in [0.2, 0.25) is 0 Å². The topological polar surface area (TPSA) is 18.5 Å². The minimum atomic E-state index is -0.310. The standard InChI is InChI=1S/C14H11Br2FO2/c1-18-10-2-4-12(15)9(6-10)8-19-11-3-5-14(17)13(16)7-11/h2-7H,8H2,1H3. The molecule has 0 atom stereocenters. The first kappa shape index (κ1) is 14.3. The minimum absolute atomic E-state index is 0.310. The molecule has 2 aromatic rings. The highest BCUT2D eigenvalue weighted by molar-refractivity contribution is 9.10. The minimum Gasteiger partial charge on any atom is -0.497 e. The van der Waals surface area contributed by atoms with Gasteiger partial charge in [-0.05, 0) is 52.3 Å². The fourth-order valence-corrected chi connectivity index (χ4v) is 2.24. The smallest absolute Gasteiger partial charge is 0.137 e. The highest BCUT2D eigenvalue weighted by Crippen LogP contribution is 2.26. The highest BCUT2D eigenvalue weighted by Gasteiger charge is 2.05. The summed E-state index contributed by atoms with van der Waals surface area (Å²) in [5.74, 6) is 1.06. The molecule has 0 aliphatic heterocycles. The fraction of sp³-hybridized carbons (Fsp3) is 0.143. The largest absolute Gasteiger partial charge is 0.497 e. The van der Waals surface area contributed by atoms with Crippen molar-refractivity contribution < 1.29 is 13.9 Å². The van der Waals surface area contributed by atoms with Crippen LogP contribution in [0.15, 0.2) is 45.3 Å². The van der Waals surface area contributed by atoms with Crippen LogP contribution in [0.5, 0.6) is 11.5 Å². The first-order valence-corrected chi connectivity index (χ1v) is 7.09. The summed E-state index contributed by atoms with van der Waals surface area (Å²) in [6, 6.07) is 10.2. The second-order valence-electron chi connectivity index (χ2n) is 3.82. The lowest BCUT2D eigenvalue weighted by Crippen LogP contribution is -1.97. The molecule has 0 unspecified atom stereocenters. The Balaban J connectivity index is 2.11. The zero-order valence-electron chi connectivity index (χ0n) is 10.1. The summed E-state index contributed by atoms with van der Waals surface area (Å²) < 4.78 is 25.2. The third-order valence-corrected chi connectivity index (χ3v) is 3.92. The van der Waals surface area contributed by atoms with Gasteiger partial charge in [-0.25, -0.2) is 4.39 Å². The van der Waals surface area contributed by atoms with Crippen LogP contribution in [-0.4, -0.2) is 7.11 Å². The van der Waals surface area contributed by atoms with Gasteiger partial charge in [0.15, 0.2) is 0 Å². The van der Waals surface area contributed by atoms with Gasteiger partial charge in [-0.3, -0.25) is 0 Å². The molecule has 0 radical (unpaired) electrons. The average Bonchev–Trinajstić information content (AvgIpc) is 2.41. The van der Waals surface area contributed by atoms with E-state index in [9.17, 15) is 4.39 Å². The summed E-state index contributed by atoms with van der Waals surface area (Å²) in [7, 11) is 1.62. The van der Waals surface area contributed by atoms with Crippen molar-refractivity contribution in [3.05, 3.63) is 56.7 Å². The molecule has 0 N–H and O–H groups in total. The highest BCUT2D eigenvalue weighted by atomic mass is 79.9. The van der Waals surface area contributed by atoms with Crippen molar-refractivity contribution in [2.75, 3.05) is 7.11 Å². The van der Waals surface area contributed by atoms with E-state index in [1.165, 1.54) is 6.07 Å². The molecule has 0 saturated heterocycles. The lowest BCUT2D eigenvalue weighted by atomic mass is 10.2. The van der Waals surface area contributed by atoms with Crippen LogP contribution in [0.1, 0.15) is 5.56 Å². The Labute approximate surface area is 127 Å². The van der Waals surface area contributed by atoms with Crippen LogP contribution < -0.4 is 9.47 Å². The first-order chi connectivity index (χ1) is 9.10. The third-order valence-electron chi connectivity index (χ3n) is 2.54. The number of methoxy groups -OCH3 is 1. The second-order valence-corrected chi connectivity index (χ2v) is 5.53. The first-order valence-electron chi connectivity index (χ1n) is 5.50. The van der Waals surface area contributed by atoms with Crippen LogP contribution in [-0.2, 0) is 6.61 Å². The summed E-state index contributed by atoms with van der Waals surface area (Å²) in [6.07, 6.45) is 0. The van der Waals surface area contributed by atoms with E-state index in [0.29, 0.717) is 16.8 Å². The Bertz CT molecular complexity index is 588. The van der Waals surface area contributed by atoms with Crippen LogP contribution in [0, 0.1) is 5.82 Å². The Hall–Kier alpha value is -1.07. The van der Waals surface area contributed by atoms with E-state index in [2.05, 4.69) is 31.9 Å². The zero-order valence-corrected chi connectivity index (χ0v) is 13.3. The van der Waals surface area contributed by atoms with Crippen LogP contribution in [0.25, 0.3) is 0 Å². The van der Waals surface area contributed by atoms with Crippen molar-refractivity contribution in [2.24, 2.45) is 0 Å². The average molecular weight is 390 g/mol. The van der Waals surface area contributed by atoms with Crippen molar-refractivity contribution in [2.45, 2.75) is 6.61 Å². The number of ether oxygens (including phenoxy) is 2. The molecular weight excluding hydrogens is 379 g/mol. The van der Waals surface area contributed by atoms with Gasteiger partial charge in [0.25, 0.3) is 0 Å². The lowest BCUT2D eigenvalue weighted by molar-refractivity contribution is 0.303. The van der Waals surface area contributed by atoms with Crippen LogP contribution >= 0.6 is 31.9 Å². The van der Waals surface area contributed by atoms with E-state index in [-0.39, 0.29) is 5.82 Å². The molecular formula is C14H11Br2FO2. The maximum Gasteiger partial charge on any atom is 0.137 e. The van der Waals surface area contributed by atoms with Crippen molar-refractivity contribution in [1.82, 2.24) is 0 Å². The molecule has 100 valence electrons. The number of rotatable bonds is 4. The van der Waals surface area contributed by atoms with E-state index in [1.807, 2.05) is 18.2 Å². The van der Waals surface area contributed by atoms with Gasteiger partial charge in [-0.2, -0.15) is 0 Å². The van der Waals surface area contributed by atoms with Crippen molar-refractivity contribution in [3.63, 3.8) is 0 Å². The summed E-state index contributed by atoms with van der Waals surface area (Å²) in [5, 5.41) is 0. The Morgan fingerprint density at radius 3 is 2.42 bits per heavy atom.